The van der Waals surface area contributed by atoms with Gasteiger partial charge in [0.2, 0.25) is 5.88 Å². The Morgan fingerprint density at radius 2 is 1.84 bits per heavy atom. The maximum atomic E-state index is 14.0. The van der Waals surface area contributed by atoms with Gasteiger partial charge in [-0.05, 0) is 48.5 Å². The number of hydrogen-bond donors (Lipinski definition) is 1. The number of rotatable bonds is 8. The third-order valence-electron chi connectivity index (χ3n) is 6.45. The van der Waals surface area contributed by atoms with Gasteiger partial charge in [0, 0.05) is 30.4 Å². The second kappa shape index (κ2) is 11.7. The average Bonchev–Trinajstić information content (AvgIpc) is 3.38. The van der Waals surface area contributed by atoms with E-state index < -0.39 is 48.9 Å². The van der Waals surface area contributed by atoms with Gasteiger partial charge in [-0.2, -0.15) is 27.1 Å². The number of fused-ring (bicyclic) bond motifs is 1. The molecule has 43 heavy (non-hydrogen) atoms. The number of amides is 1. The largest absolute Gasteiger partial charge is 0.482 e. The number of aromatic carboxylic acids is 1. The minimum absolute atomic E-state index is 0.00619. The first kappa shape index (κ1) is 29.4. The number of alkyl halides is 5. The standard InChI is InChI=1S/C28H21F5N4O6/c1-36(17-9-10-34-22(12-17)43-27(29)30)25(38)16-3-2-4-18(11-16)37-23-20(24(35-37)28(31,32)33)13-41-14-21(23)42-19-7-5-15(6-8-19)26(39)40/h2-12,21,27H,13-14H2,1H3,(H,39,40)/t21-/m1/s1. The molecule has 0 saturated carbocycles. The van der Waals surface area contributed by atoms with Gasteiger partial charge < -0.3 is 24.2 Å². The highest BCUT2D eigenvalue weighted by Gasteiger charge is 2.43. The Hall–Kier alpha value is -5.05. The van der Waals surface area contributed by atoms with Gasteiger partial charge in [0.05, 0.1) is 35.8 Å². The second-order valence-electron chi connectivity index (χ2n) is 9.22. The highest BCUT2D eigenvalue weighted by Crippen LogP contribution is 2.40. The van der Waals surface area contributed by atoms with Crippen molar-refractivity contribution in [1.29, 1.82) is 0 Å². The average molecular weight is 604 g/mol. The molecular weight excluding hydrogens is 583 g/mol. The Balaban J connectivity index is 1.51. The highest BCUT2D eigenvalue weighted by atomic mass is 19.4. The second-order valence-corrected chi connectivity index (χ2v) is 9.22. The molecule has 0 radical (unpaired) electrons. The summed E-state index contributed by atoms with van der Waals surface area (Å²) in [5, 5.41) is 13.0. The summed E-state index contributed by atoms with van der Waals surface area (Å²) < 4.78 is 84.0. The van der Waals surface area contributed by atoms with E-state index in [0.717, 1.165) is 15.6 Å². The van der Waals surface area contributed by atoms with Crippen molar-refractivity contribution in [3.8, 4) is 17.3 Å². The van der Waals surface area contributed by atoms with E-state index in [1.54, 1.807) is 0 Å². The Bertz CT molecular complexity index is 1660. The first-order chi connectivity index (χ1) is 20.4. The molecule has 1 N–H and O–H groups in total. The molecule has 5 rings (SSSR count). The Morgan fingerprint density at radius 1 is 1.09 bits per heavy atom. The van der Waals surface area contributed by atoms with Gasteiger partial charge in [-0.1, -0.05) is 6.07 Å². The molecule has 0 unspecified atom stereocenters. The van der Waals surface area contributed by atoms with Crippen molar-refractivity contribution in [2.24, 2.45) is 0 Å². The van der Waals surface area contributed by atoms with E-state index in [-0.39, 0.29) is 46.1 Å². The first-order valence-corrected chi connectivity index (χ1v) is 12.5. The fraction of sp³-hybridized carbons (Fsp3) is 0.214. The zero-order valence-corrected chi connectivity index (χ0v) is 22.1. The van der Waals surface area contributed by atoms with Crippen molar-refractivity contribution in [2.45, 2.75) is 25.5 Å². The number of halogens is 5. The molecule has 0 bridgehead atoms. The number of carboxylic acids is 1. The van der Waals surface area contributed by atoms with Crippen molar-refractivity contribution in [3.63, 3.8) is 0 Å². The van der Waals surface area contributed by atoms with Crippen molar-refractivity contribution in [3.05, 3.63) is 94.9 Å². The summed E-state index contributed by atoms with van der Waals surface area (Å²) in [7, 11) is 1.38. The lowest BCUT2D eigenvalue weighted by Crippen LogP contribution is -2.27. The van der Waals surface area contributed by atoms with Crippen LogP contribution in [0.25, 0.3) is 5.69 Å². The van der Waals surface area contributed by atoms with Crippen LogP contribution in [0.1, 0.15) is 43.8 Å². The van der Waals surface area contributed by atoms with Gasteiger partial charge in [-0.25, -0.2) is 14.5 Å². The van der Waals surface area contributed by atoms with Gasteiger partial charge in [0.15, 0.2) is 11.8 Å². The fourth-order valence-electron chi connectivity index (χ4n) is 4.48. The summed E-state index contributed by atoms with van der Waals surface area (Å²) in [6.45, 7) is -3.65. The third-order valence-corrected chi connectivity index (χ3v) is 6.45. The predicted octanol–water partition coefficient (Wildman–Crippen LogP) is 5.51. The molecule has 224 valence electrons. The van der Waals surface area contributed by atoms with Gasteiger partial charge in [-0.3, -0.25) is 4.79 Å². The van der Waals surface area contributed by atoms with Crippen LogP contribution in [-0.2, 0) is 17.5 Å². The predicted molar refractivity (Wildman–Crippen MR) is 139 cm³/mol. The number of anilines is 1. The van der Waals surface area contributed by atoms with E-state index in [4.69, 9.17) is 14.6 Å². The molecule has 2 aromatic carbocycles. The molecule has 0 spiro atoms. The summed E-state index contributed by atoms with van der Waals surface area (Å²) in [6, 6.07) is 13.5. The molecule has 15 heteroatoms. The molecule has 0 saturated heterocycles. The zero-order chi connectivity index (χ0) is 30.9. The van der Waals surface area contributed by atoms with Crippen LogP contribution < -0.4 is 14.4 Å². The van der Waals surface area contributed by atoms with E-state index in [2.05, 4.69) is 14.8 Å². The van der Waals surface area contributed by atoms with Crippen molar-refractivity contribution in [1.82, 2.24) is 14.8 Å². The van der Waals surface area contributed by atoms with E-state index >= 15 is 0 Å². The van der Waals surface area contributed by atoms with Gasteiger partial charge >= 0.3 is 18.8 Å². The highest BCUT2D eigenvalue weighted by molar-refractivity contribution is 6.06. The van der Waals surface area contributed by atoms with Crippen LogP contribution in [0.5, 0.6) is 11.6 Å². The lowest BCUT2D eigenvalue weighted by atomic mass is 10.1. The number of nitrogens with zero attached hydrogens (tertiary/aromatic N) is 4. The molecule has 3 heterocycles. The Labute approximate surface area is 239 Å². The monoisotopic (exact) mass is 604 g/mol. The van der Waals surface area contributed by atoms with Crippen LogP contribution in [0.15, 0.2) is 66.9 Å². The maximum absolute atomic E-state index is 14.0. The van der Waals surface area contributed by atoms with Crippen molar-refractivity contribution in [2.75, 3.05) is 18.6 Å². The molecule has 1 atom stereocenters. The van der Waals surface area contributed by atoms with E-state index in [9.17, 15) is 31.5 Å². The number of carbonyl (C=O) groups excluding carboxylic acids is 1. The normalized spacial score (nSPS) is 14.7. The lowest BCUT2D eigenvalue weighted by Gasteiger charge is -2.26. The fourth-order valence-corrected chi connectivity index (χ4v) is 4.48. The van der Waals surface area contributed by atoms with Crippen LogP contribution in [0, 0.1) is 0 Å². The lowest BCUT2D eigenvalue weighted by molar-refractivity contribution is -0.143. The third kappa shape index (κ3) is 6.25. The number of ether oxygens (including phenoxy) is 3. The van der Waals surface area contributed by atoms with E-state index in [1.165, 1.54) is 67.8 Å². The number of benzene rings is 2. The van der Waals surface area contributed by atoms with Crippen molar-refractivity contribution < 1.29 is 50.9 Å². The number of carboxylic acid groups (broad SMARTS) is 1. The molecule has 1 aliphatic heterocycles. The molecule has 0 aliphatic carbocycles. The van der Waals surface area contributed by atoms with Crippen LogP contribution in [0.2, 0.25) is 0 Å². The Kier molecular flexibility index (Phi) is 8.00. The van der Waals surface area contributed by atoms with E-state index in [1.807, 2.05) is 0 Å². The molecule has 2 aromatic heterocycles. The number of hydrogen-bond acceptors (Lipinski definition) is 7. The van der Waals surface area contributed by atoms with Gasteiger partial charge in [0.25, 0.3) is 5.91 Å². The van der Waals surface area contributed by atoms with Crippen LogP contribution in [0.3, 0.4) is 0 Å². The molecule has 4 aromatic rings. The summed E-state index contributed by atoms with van der Waals surface area (Å²) in [5.74, 6) is -1.99. The topological polar surface area (TPSA) is 116 Å². The van der Waals surface area contributed by atoms with Gasteiger partial charge in [-0.15, -0.1) is 0 Å². The SMILES string of the molecule is CN(C(=O)c1cccc(-n2nc(C(F)(F)F)c3c2[C@H](Oc2ccc(C(=O)O)cc2)COC3)c1)c1ccnc(OC(F)F)c1. The number of pyridine rings is 1. The molecule has 0 fully saturated rings. The molecular formula is C28H21F5N4O6. The maximum Gasteiger partial charge on any atom is 0.435 e. The summed E-state index contributed by atoms with van der Waals surface area (Å²) in [5.41, 5.74) is -1.05. The van der Waals surface area contributed by atoms with Gasteiger partial charge in [0.1, 0.15) is 5.75 Å². The summed E-state index contributed by atoms with van der Waals surface area (Å²) >= 11 is 0. The molecule has 1 aliphatic rings. The minimum atomic E-state index is -4.84. The minimum Gasteiger partial charge on any atom is -0.482 e. The quantitative estimate of drug-likeness (QED) is 0.262. The summed E-state index contributed by atoms with van der Waals surface area (Å²) in [6.07, 6.45) is -4.73. The van der Waals surface area contributed by atoms with Crippen LogP contribution in [0.4, 0.5) is 27.6 Å². The number of aromatic nitrogens is 3. The zero-order valence-electron chi connectivity index (χ0n) is 22.1. The number of carbonyl (C=O) groups is 2. The van der Waals surface area contributed by atoms with E-state index in [0.29, 0.717) is 0 Å². The summed E-state index contributed by atoms with van der Waals surface area (Å²) in [4.78, 5) is 29.3. The smallest absolute Gasteiger partial charge is 0.435 e. The Morgan fingerprint density at radius 3 is 2.51 bits per heavy atom. The molecule has 10 nitrogen and oxygen atoms in total. The van der Waals surface area contributed by atoms with Crippen LogP contribution in [-0.4, -0.2) is 52.0 Å². The van der Waals surface area contributed by atoms with Crippen molar-refractivity contribution >= 4 is 17.6 Å². The van der Waals surface area contributed by atoms with Crippen LogP contribution >= 0.6 is 0 Å². The molecule has 1 amide bonds. The first-order valence-electron chi connectivity index (χ1n) is 12.5.